The molecule has 0 radical (unpaired) electrons. The van der Waals surface area contributed by atoms with Gasteiger partial charge in [-0.05, 0) is 111 Å². The lowest BCUT2D eigenvalue weighted by Crippen LogP contribution is -2.46. The Bertz CT molecular complexity index is 2790. The van der Waals surface area contributed by atoms with Gasteiger partial charge in [0, 0.05) is 67.8 Å². The van der Waals surface area contributed by atoms with Crippen molar-refractivity contribution in [3.63, 3.8) is 0 Å². The molecule has 14 nitrogen and oxygen atoms in total. The first-order chi connectivity index (χ1) is 41.3. The largest absolute Gasteiger partial charge is 0.494 e. The van der Waals surface area contributed by atoms with Crippen LogP contribution in [0.1, 0.15) is 250 Å². The Hall–Kier alpha value is -6.14. The van der Waals surface area contributed by atoms with E-state index in [1.165, 1.54) is 6.08 Å². The van der Waals surface area contributed by atoms with Gasteiger partial charge in [0.2, 0.25) is 11.8 Å². The lowest BCUT2D eigenvalue weighted by atomic mass is 9.69. The van der Waals surface area contributed by atoms with Crippen LogP contribution in [0.4, 0.5) is 0 Å². The van der Waals surface area contributed by atoms with Crippen LogP contribution in [0.25, 0.3) is 6.08 Å². The van der Waals surface area contributed by atoms with Crippen LogP contribution >= 0.6 is 0 Å². The lowest BCUT2D eigenvalue weighted by molar-refractivity contribution is -0.138. The number of hydrogen-bond donors (Lipinski definition) is 2. The minimum absolute atomic E-state index is 0.0667. The van der Waals surface area contributed by atoms with Gasteiger partial charge in [-0.15, -0.1) is 0 Å². The molecule has 5 heterocycles. The fourth-order valence-corrected chi connectivity index (χ4v) is 13.3. The molecule has 0 bridgehead atoms. The van der Waals surface area contributed by atoms with Gasteiger partial charge in [0.25, 0.3) is 0 Å². The van der Waals surface area contributed by atoms with E-state index >= 15 is 0 Å². The van der Waals surface area contributed by atoms with Crippen molar-refractivity contribution in [2.45, 2.75) is 241 Å². The molecule has 2 amide bonds. The molecular weight excluding hydrogens is 1080 g/mol. The molecule has 86 heavy (non-hydrogen) atoms. The van der Waals surface area contributed by atoms with Gasteiger partial charge in [-0.1, -0.05) is 170 Å². The van der Waals surface area contributed by atoms with Crippen molar-refractivity contribution in [1.29, 1.82) is 0 Å². The Morgan fingerprint density at radius 2 is 1.31 bits per heavy atom. The smallest absolute Gasteiger partial charge is 0.347 e. The highest BCUT2D eigenvalue weighted by Gasteiger charge is 2.56. The molecule has 3 saturated heterocycles. The number of benzene rings is 2. The van der Waals surface area contributed by atoms with Crippen LogP contribution in [0.15, 0.2) is 65.7 Å². The molecule has 3 aromatic rings. The van der Waals surface area contributed by atoms with Crippen molar-refractivity contribution in [2.75, 3.05) is 39.5 Å². The van der Waals surface area contributed by atoms with Gasteiger partial charge in [-0.2, -0.15) is 0 Å². The summed E-state index contributed by atoms with van der Waals surface area (Å²) in [5, 5.41) is 25.2. The average molecular weight is 1190 g/mol. The van der Waals surface area contributed by atoms with Gasteiger partial charge >= 0.3 is 11.9 Å². The molecule has 4 unspecified atom stereocenters. The van der Waals surface area contributed by atoms with E-state index in [1.807, 2.05) is 11.8 Å². The maximum absolute atomic E-state index is 14.7. The van der Waals surface area contributed by atoms with Crippen LogP contribution in [0.3, 0.4) is 0 Å². The number of esters is 2. The number of unbranched alkanes of at least 4 members (excludes halogenated alkanes) is 15. The Morgan fingerprint density at radius 1 is 0.698 bits per heavy atom. The van der Waals surface area contributed by atoms with Crippen LogP contribution < -0.4 is 14.2 Å². The van der Waals surface area contributed by atoms with Gasteiger partial charge in [-0.25, -0.2) is 9.59 Å². The van der Waals surface area contributed by atoms with E-state index in [9.17, 15) is 29.4 Å². The normalized spacial score (nSPS) is 18.2. The summed E-state index contributed by atoms with van der Waals surface area (Å²) in [6, 6.07) is 11.7. The second-order valence-electron chi connectivity index (χ2n) is 27.0. The highest BCUT2D eigenvalue weighted by molar-refractivity contribution is 5.94. The topological polar surface area (TPSA) is 160 Å². The quantitative estimate of drug-likeness (QED) is 0.0187. The summed E-state index contributed by atoms with van der Waals surface area (Å²) in [5.41, 5.74) is 7.97. The molecule has 7 rings (SSSR count). The van der Waals surface area contributed by atoms with E-state index in [0.29, 0.717) is 92.7 Å². The number of likely N-dealkylation sites (tertiary alicyclic amines) is 2. The van der Waals surface area contributed by atoms with E-state index in [-0.39, 0.29) is 52.3 Å². The van der Waals surface area contributed by atoms with Crippen LogP contribution in [0, 0.1) is 22.7 Å². The number of fused-ring (bicyclic) bond motifs is 2. The van der Waals surface area contributed by atoms with Crippen LogP contribution in [0.2, 0.25) is 0 Å². The molecule has 0 aliphatic carbocycles. The first-order valence-corrected chi connectivity index (χ1v) is 33.4. The molecule has 1 aromatic heterocycles. The molecule has 0 saturated carbocycles. The fraction of sp³-hybridized carbons (Fsp3) is 0.653. The molecule has 4 atom stereocenters. The molecule has 474 valence electrons. The predicted octanol–water partition coefficient (Wildman–Crippen LogP) is 16.2. The highest BCUT2D eigenvalue weighted by Crippen LogP contribution is 2.53. The van der Waals surface area contributed by atoms with Crippen molar-refractivity contribution in [3.8, 4) is 29.0 Å². The minimum atomic E-state index is -0.532. The van der Waals surface area contributed by atoms with Crippen molar-refractivity contribution < 1.29 is 48.3 Å². The number of aromatic nitrogens is 1. The summed E-state index contributed by atoms with van der Waals surface area (Å²) >= 11 is 0. The molecule has 4 aliphatic heterocycles. The van der Waals surface area contributed by atoms with Crippen molar-refractivity contribution in [1.82, 2.24) is 19.3 Å². The Morgan fingerprint density at radius 3 is 1.97 bits per heavy atom. The zero-order valence-electron chi connectivity index (χ0n) is 54.1. The number of ether oxygens (including phenoxy) is 4. The average Bonchev–Trinajstić information content (AvgIpc) is 1.62. The minimum Gasteiger partial charge on any atom is -0.494 e. The predicted molar refractivity (Wildman–Crippen MR) is 341 cm³/mol. The van der Waals surface area contributed by atoms with Crippen LogP contribution in [0.5, 0.6) is 29.0 Å². The molecule has 14 heteroatoms. The van der Waals surface area contributed by atoms with Crippen LogP contribution in [-0.4, -0.2) is 98.7 Å². The summed E-state index contributed by atoms with van der Waals surface area (Å²) in [6.07, 6.45) is 26.7. The molecule has 3 fully saturated rings. The molecule has 0 spiro atoms. The maximum atomic E-state index is 14.7. The number of carbonyl (C=O) groups excluding carboxylic acids is 4. The zero-order chi connectivity index (χ0) is 61.8. The second-order valence-corrected chi connectivity index (χ2v) is 27.0. The van der Waals surface area contributed by atoms with E-state index < -0.39 is 18.0 Å². The summed E-state index contributed by atoms with van der Waals surface area (Å²) in [4.78, 5) is 60.6. The van der Waals surface area contributed by atoms with Gasteiger partial charge in [-0.3, -0.25) is 14.2 Å². The number of rotatable bonds is 36. The molecule has 4 aliphatic rings. The van der Waals surface area contributed by atoms with Crippen LogP contribution in [-0.2, 0) is 32.1 Å². The van der Waals surface area contributed by atoms with E-state index in [4.69, 9.17) is 18.9 Å². The standard InChI is InChI=1S/C72H106N4O10/c1-10-13-16-25-41-75-58-48-53-31-29-43-73(53)59(65(58)66(69(75)81)72(7,8)9)50-57-64(60(51-71(4,5)6)74-44-30-32-62(74)77)68(80)76(67(57)79)42-26-23-21-19-18-20-22-24-28-47-84-61-49-55(83-46-27-17-14-11-2)38-39-56(61)70(82)86-54-36-33-52(34-37-54)35-40-63(78)85-45-15-12-3/h33-40,49,59-60,65-66,79-80H,10-32,41-47,50-51H2,1-9H3. The SMILES string of the molecule is CCCCCCOc1ccc(C(=O)Oc2ccc(C=CC(=O)OCCCC)cc2)c(OCCCCCCCCCCCn2c(O)c(CC3C4C(=C=C5CCCN53)N(CCCCCC)C(=O)C4C(C)(C)C)c(C(CC(C)(C)C)N3CCCC3=O)c2O)c1. The maximum Gasteiger partial charge on any atom is 0.347 e. The molecular formula is C72H106N4O10. The summed E-state index contributed by atoms with van der Waals surface area (Å²) in [7, 11) is 0. The van der Waals surface area contributed by atoms with Gasteiger partial charge < -0.3 is 43.9 Å². The fourth-order valence-electron chi connectivity index (χ4n) is 13.3. The third-order valence-electron chi connectivity index (χ3n) is 17.8. The number of aromatic hydroxyl groups is 2. The van der Waals surface area contributed by atoms with E-state index in [1.54, 1.807) is 53.1 Å². The summed E-state index contributed by atoms with van der Waals surface area (Å²) < 4.78 is 25.1. The van der Waals surface area contributed by atoms with E-state index in [0.717, 1.165) is 165 Å². The summed E-state index contributed by atoms with van der Waals surface area (Å²) in [5.74, 6) is 0.564. The van der Waals surface area contributed by atoms with Crippen molar-refractivity contribution >= 4 is 29.8 Å². The van der Waals surface area contributed by atoms with Gasteiger partial charge in [0.05, 0.1) is 43.2 Å². The number of amides is 2. The van der Waals surface area contributed by atoms with Gasteiger partial charge in [0.1, 0.15) is 22.8 Å². The van der Waals surface area contributed by atoms with Crippen molar-refractivity contribution in [2.24, 2.45) is 22.7 Å². The lowest BCUT2D eigenvalue weighted by Gasteiger charge is -2.42. The highest BCUT2D eigenvalue weighted by atomic mass is 16.5. The second kappa shape index (κ2) is 32.7. The number of nitrogens with zero attached hydrogens (tertiary/aromatic N) is 4. The zero-order valence-corrected chi connectivity index (χ0v) is 54.1. The Labute approximate surface area is 515 Å². The van der Waals surface area contributed by atoms with Gasteiger partial charge in [0.15, 0.2) is 11.8 Å². The Kier molecular flexibility index (Phi) is 25.6. The first-order valence-electron chi connectivity index (χ1n) is 33.4. The number of hydrogen-bond acceptors (Lipinski definition) is 11. The Balaban J connectivity index is 0.949. The molecule has 2 N–H and O–H groups in total. The summed E-state index contributed by atoms with van der Waals surface area (Å²) in [6.45, 7) is 23.6. The first kappa shape index (κ1) is 67.4. The monoisotopic (exact) mass is 1190 g/mol. The third-order valence-corrected chi connectivity index (χ3v) is 17.8. The van der Waals surface area contributed by atoms with E-state index in [2.05, 4.69) is 70.9 Å². The molecule has 2 aromatic carbocycles. The third kappa shape index (κ3) is 18.5. The number of carbonyl (C=O) groups is 4. The van der Waals surface area contributed by atoms with Crippen molar-refractivity contribution in [3.05, 3.63) is 87.9 Å².